The third-order valence-electron chi connectivity index (χ3n) is 5.47. The molecule has 3 N–H and O–H groups in total. The van der Waals surface area contributed by atoms with Crippen molar-refractivity contribution in [3.05, 3.63) is 71.9 Å². The predicted molar refractivity (Wildman–Crippen MR) is 109 cm³/mol. The van der Waals surface area contributed by atoms with Crippen LogP contribution in [0.25, 0.3) is 28.1 Å². The molecule has 5 rings (SSSR count). The van der Waals surface area contributed by atoms with E-state index in [1.165, 1.54) is 11.6 Å². The summed E-state index contributed by atoms with van der Waals surface area (Å²) in [6, 6.07) is 14.0. The first-order chi connectivity index (χ1) is 14.1. The van der Waals surface area contributed by atoms with E-state index in [1.54, 1.807) is 22.9 Å². The molecule has 1 aliphatic rings. The number of imidazole rings is 1. The summed E-state index contributed by atoms with van der Waals surface area (Å²) >= 11 is 0. The number of halogens is 2. The van der Waals surface area contributed by atoms with Gasteiger partial charge in [-0.1, -0.05) is 12.1 Å². The Morgan fingerprint density at radius 2 is 1.90 bits per heavy atom. The summed E-state index contributed by atoms with van der Waals surface area (Å²) in [4.78, 5) is 8.66. The maximum Gasteiger partial charge on any atom is 0.185 e. The third kappa shape index (κ3) is 2.94. The molecule has 2 aromatic carbocycles. The average molecular weight is 391 g/mol. The fourth-order valence-corrected chi connectivity index (χ4v) is 3.98. The lowest BCUT2D eigenvalue weighted by Gasteiger charge is -2.13. The van der Waals surface area contributed by atoms with E-state index < -0.39 is 11.6 Å². The van der Waals surface area contributed by atoms with Gasteiger partial charge in [-0.05, 0) is 60.8 Å². The van der Waals surface area contributed by atoms with Gasteiger partial charge >= 0.3 is 0 Å². The minimum Gasteiger partial charge on any atom is -0.383 e. The molecular formula is C22H19F2N5. The van der Waals surface area contributed by atoms with E-state index >= 15 is 0 Å². The molecule has 0 radical (unpaired) electrons. The number of aromatic nitrogens is 3. The zero-order chi connectivity index (χ0) is 20.0. The van der Waals surface area contributed by atoms with Gasteiger partial charge in [0.2, 0.25) is 0 Å². The van der Waals surface area contributed by atoms with Crippen LogP contribution in [0.5, 0.6) is 0 Å². The second kappa shape index (κ2) is 6.93. The summed E-state index contributed by atoms with van der Waals surface area (Å²) < 4.78 is 30.5. The Labute approximate surface area is 166 Å². The normalized spacial score (nSPS) is 16.6. The number of benzene rings is 2. The number of pyridine rings is 1. The van der Waals surface area contributed by atoms with Crippen LogP contribution in [0.15, 0.2) is 54.7 Å². The van der Waals surface area contributed by atoms with Crippen LogP contribution in [0, 0.1) is 11.6 Å². The van der Waals surface area contributed by atoms with Gasteiger partial charge in [0.25, 0.3) is 0 Å². The van der Waals surface area contributed by atoms with Crippen molar-refractivity contribution in [3.63, 3.8) is 0 Å². The largest absolute Gasteiger partial charge is 0.383 e. The Morgan fingerprint density at radius 3 is 2.62 bits per heavy atom. The average Bonchev–Trinajstić information content (AvgIpc) is 3.40. The van der Waals surface area contributed by atoms with Crippen LogP contribution in [0.1, 0.15) is 17.9 Å². The summed E-state index contributed by atoms with van der Waals surface area (Å²) in [5, 5.41) is 3.36. The molecule has 0 bridgehead atoms. The van der Waals surface area contributed by atoms with Crippen molar-refractivity contribution in [3.8, 4) is 17.1 Å². The zero-order valence-electron chi connectivity index (χ0n) is 15.6. The SMILES string of the molecule is Nc1ncccc1-c1nc2ccc(F)c(F)c2n1-c1ccc(C2CCNC2)cc1. The molecule has 5 nitrogen and oxygen atoms in total. The third-order valence-corrected chi connectivity index (χ3v) is 5.47. The first-order valence-corrected chi connectivity index (χ1v) is 9.52. The zero-order valence-corrected chi connectivity index (χ0v) is 15.6. The van der Waals surface area contributed by atoms with Crippen molar-refractivity contribution in [1.82, 2.24) is 19.9 Å². The number of nitrogen functional groups attached to an aromatic ring is 1. The second-order valence-corrected chi connectivity index (χ2v) is 7.22. The Hall–Kier alpha value is -3.32. The molecule has 2 aromatic heterocycles. The minimum atomic E-state index is -0.937. The highest BCUT2D eigenvalue weighted by Gasteiger charge is 2.22. The van der Waals surface area contributed by atoms with Crippen LogP contribution in [0.4, 0.5) is 14.6 Å². The first kappa shape index (κ1) is 17.8. The van der Waals surface area contributed by atoms with Crippen LogP contribution in [-0.4, -0.2) is 27.6 Å². The molecule has 0 amide bonds. The van der Waals surface area contributed by atoms with E-state index in [4.69, 9.17) is 5.73 Å². The molecule has 146 valence electrons. The van der Waals surface area contributed by atoms with E-state index in [2.05, 4.69) is 15.3 Å². The molecule has 1 unspecified atom stereocenters. The monoisotopic (exact) mass is 391 g/mol. The summed E-state index contributed by atoms with van der Waals surface area (Å²) in [5.41, 5.74) is 8.96. The van der Waals surface area contributed by atoms with Crippen molar-refractivity contribution in [2.24, 2.45) is 0 Å². The van der Waals surface area contributed by atoms with Crippen molar-refractivity contribution < 1.29 is 8.78 Å². The topological polar surface area (TPSA) is 68.8 Å². The number of rotatable bonds is 3. The predicted octanol–water partition coefficient (Wildman–Crippen LogP) is 4.02. The number of nitrogens with one attached hydrogen (secondary N) is 1. The minimum absolute atomic E-state index is 0.0820. The smallest absolute Gasteiger partial charge is 0.185 e. The van der Waals surface area contributed by atoms with Crippen LogP contribution < -0.4 is 11.1 Å². The van der Waals surface area contributed by atoms with E-state index in [1.807, 2.05) is 24.3 Å². The standard InChI is InChI=1S/C22H19F2N5/c23-17-7-8-18-20(19(17)24)29(22(28-18)16-2-1-10-27-21(16)25)15-5-3-13(4-6-15)14-9-11-26-12-14/h1-8,10,14,26H,9,11-12H2,(H2,25,27). The van der Waals surface area contributed by atoms with Gasteiger partial charge in [-0.2, -0.15) is 0 Å². The molecule has 1 fully saturated rings. The van der Waals surface area contributed by atoms with Gasteiger partial charge in [0, 0.05) is 18.4 Å². The number of hydrogen-bond acceptors (Lipinski definition) is 4. The highest BCUT2D eigenvalue weighted by atomic mass is 19.2. The van der Waals surface area contributed by atoms with Crippen LogP contribution in [-0.2, 0) is 0 Å². The summed E-state index contributed by atoms with van der Waals surface area (Å²) in [6.07, 6.45) is 2.67. The molecule has 7 heteroatoms. The summed E-state index contributed by atoms with van der Waals surface area (Å²) in [7, 11) is 0. The lowest BCUT2D eigenvalue weighted by atomic mass is 9.98. The molecular weight excluding hydrogens is 372 g/mol. The molecule has 0 saturated carbocycles. The Bertz CT molecular complexity index is 1190. The lowest BCUT2D eigenvalue weighted by molar-refractivity contribution is 0.514. The molecule has 0 aliphatic carbocycles. The number of nitrogens with two attached hydrogens (primary N) is 1. The highest BCUT2D eigenvalue weighted by Crippen LogP contribution is 2.33. The second-order valence-electron chi connectivity index (χ2n) is 7.22. The van der Waals surface area contributed by atoms with Gasteiger partial charge in [-0.25, -0.2) is 18.7 Å². The lowest BCUT2D eigenvalue weighted by Crippen LogP contribution is -2.08. The van der Waals surface area contributed by atoms with E-state index in [-0.39, 0.29) is 11.3 Å². The quantitative estimate of drug-likeness (QED) is 0.553. The van der Waals surface area contributed by atoms with Crippen LogP contribution in [0.2, 0.25) is 0 Å². The number of anilines is 1. The van der Waals surface area contributed by atoms with Crippen molar-refractivity contribution in [2.75, 3.05) is 18.8 Å². The van der Waals surface area contributed by atoms with Gasteiger partial charge in [-0.15, -0.1) is 0 Å². The van der Waals surface area contributed by atoms with Crippen molar-refractivity contribution >= 4 is 16.9 Å². The molecule has 29 heavy (non-hydrogen) atoms. The van der Waals surface area contributed by atoms with E-state index in [0.29, 0.717) is 28.5 Å². The fourth-order valence-electron chi connectivity index (χ4n) is 3.98. The van der Waals surface area contributed by atoms with Crippen molar-refractivity contribution in [2.45, 2.75) is 12.3 Å². The number of nitrogens with zero attached hydrogens (tertiary/aromatic N) is 3. The molecule has 4 aromatic rings. The molecule has 3 heterocycles. The Morgan fingerprint density at radius 1 is 1.07 bits per heavy atom. The van der Waals surface area contributed by atoms with E-state index in [0.717, 1.165) is 25.6 Å². The van der Waals surface area contributed by atoms with Gasteiger partial charge < -0.3 is 11.1 Å². The number of hydrogen-bond donors (Lipinski definition) is 2. The van der Waals surface area contributed by atoms with E-state index in [9.17, 15) is 8.78 Å². The number of fused-ring (bicyclic) bond motifs is 1. The fraction of sp³-hybridized carbons (Fsp3) is 0.182. The van der Waals surface area contributed by atoms with Crippen LogP contribution in [0.3, 0.4) is 0 Å². The summed E-state index contributed by atoms with van der Waals surface area (Å²) in [6.45, 7) is 1.96. The molecule has 1 aliphatic heterocycles. The van der Waals surface area contributed by atoms with Gasteiger partial charge in [0.05, 0.1) is 11.1 Å². The maximum absolute atomic E-state index is 14.8. The van der Waals surface area contributed by atoms with Gasteiger partial charge in [-0.3, -0.25) is 4.57 Å². The van der Waals surface area contributed by atoms with Gasteiger partial charge in [0.1, 0.15) is 17.2 Å². The molecule has 1 saturated heterocycles. The highest BCUT2D eigenvalue weighted by molar-refractivity contribution is 5.85. The Kier molecular flexibility index (Phi) is 4.24. The maximum atomic E-state index is 14.8. The Balaban J connectivity index is 1.74. The molecule has 0 spiro atoms. The summed E-state index contributed by atoms with van der Waals surface area (Å²) in [5.74, 6) is -0.694. The first-order valence-electron chi connectivity index (χ1n) is 9.52. The van der Waals surface area contributed by atoms with Gasteiger partial charge in [0.15, 0.2) is 11.6 Å². The molecule has 1 atom stereocenters. The van der Waals surface area contributed by atoms with Crippen molar-refractivity contribution in [1.29, 1.82) is 0 Å². The van der Waals surface area contributed by atoms with Crippen LogP contribution >= 0.6 is 0 Å².